The number of carbonyl (C=O) groups excluding carboxylic acids is 2. The van der Waals surface area contributed by atoms with Crippen molar-refractivity contribution in [3.63, 3.8) is 0 Å². The second-order valence-electron chi connectivity index (χ2n) is 10.5. The van der Waals surface area contributed by atoms with E-state index in [2.05, 4.69) is 10.3 Å². The van der Waals surface area contributed by atoms with E-state index in [1.165, 1.54) is 6.07 Å². The SMILES string of the molecule is CC(C)(C)OC(=O)C1(CNC(=O)c2nc(C#N)c3cc(Oc4ccccc4)ccc3c2O)CCS(=O)(=O)CC1. The van der Waals surface area contributed by atoms with E-state index in [1.54, 1.807) is 45.0 Å². The van der Waals surface area contributed by atoms with Crippen molar-refractivity contribution in [1.29, 1.82) is 5.26 Å². The first kappa shape index (κ1) is 27.9. The molecule has 4 rings (SSSR count). The van der Waals surface area contributed by atoms with Gasteiger partial charge in [-0.05, 0) is 63.9 Å². The molecule has 204 valence electrons. The zero-order chi connectivity index (χ0) is 28.4. The molecule has 1 aromatic heterocycles. The summed E-state index contributed by atoms with van der Waals surface area (Å²) in [5.41, 5.74) is -2.56. The highest BCUT2D eigenvalue weighted by atomic mass is 32.2. The number of fused-ring (bicyclic) bond motifs is 1. The first-order valence-corrected chi connectivity index (χ1v) is 14.2. The van der Waals surface area contributed by atoms with Crippen molar-refractivity contribution in [1.82, 2.24) is 10.3 Å². The molecule has 0 atom stereocenters. The fraction of sp³-hybridized carbons (Fsp3) is 0.357. The van der Waals surface area contributed by atoms with Crippen LogP contribution in [0.25, 0.3) is 10.8 Å². The molecule has 2 N–H and O–H groups in total. The molecule has 0 aliphatic carbocycles. The van der Waals surface area contributed by atoms with Crippen molar-refractivity contribution in [2.24, 2.45) is 5.41 Å². The highest BCUT2D eigenvalue weighted by Gasteiger charge is 2.46. The van der Waals surface area contributed by atoms with Crippen LogP contribution in [0.4, 0.5) is 0 Å². The van der Waals surface area contributed by atoms with Crippen LogP contribution in [-0.4, -0.2) is 54.0 Å². The molecule has 1 saturated heterocycles. The highest BCUT2D eigenvalue weighted by Crippen LogP contribution is 2.36. The fourth-order valence-electron chi connectivity index (χ4n) is 4.31. The van der Waals surface area contributed by atoms with Gasteiger partial charge in [-0.25, -0.2) is 13.4 Å². The van der Waals surface area contributed by atoms with Gasteiger partial charge < -0.3 is 19.9 Å². The van der Waals surface area contributed by atoms with Gasteiger partial charge in [0.1, 0.15) is 38.7 Å². The Bertz CT molecular complexity index is 1560. The summed E-state index contributed by atoms with van der Waals surface area (Å²) < 4.78 is 35.5. The van der Waals surface area contributed by atoms with Gasteiger partial charge in [-0.15, -0.1) is 0 Å². The molecule has 39 heavy (non-hydrogen) atoms. The third-order valence-electron chi connectivity index (χ3n) is 6.45. The van der Waals surface area contributed by atoms with Crippen molar-refractivity contribution >= 4 is 32.5 Å². The number of para-hydroxylation sites is 1. The smallest absolute Gasteiger partial charge is 0.314 e. The Hall–Kier alpha value is -4.17. The van der Waals surface area contributed by atoms with Crippen LogP contribution in [-0.2, 0) is 19.4 Å². The van der Waals surface area contributed by atoms with E-state index in [4.69, 9.17) is 9.47 Å². The first-order chi connectivity index (χ1) is 18.3. The topological polar surface area (TPSA) is 156 Å². The Balaban J connectivity index is 1.61. The summed E-state index contributed by atoms with van der Waals surface area (Å²) in [7, 11) is -3.30. The van der Waals surface area contributed by atoms with Crippen molar-refractivity contribution in [2.45, 2.75) is 39.2 Å². The Morgan fingerprint density at radius 3 is 2.36 bits per heavy atom. The monoisotopic (exact) mass is 551 g/mol. The van der Waals surface area contributed by atoms with Crippen LogP contribution in [0.2, 0.25) is 0 Å². The van der Waals surface area contributed by atoms with Crippen LogP contribution in [0.1, 0.15) is 49.8 Å². The van der Waals surface area contributed by atoms with Gasteiger partial charge in [0.2, 0.25) is 0 Å². The number of hydrogen-bond donors (Lipinski definition) is 2. The minimum atomic E-state index is -3.30. The number of nitrogens with zero attached hydrogens (tertiary/aromatic N) is 2. The summed E-state index contributed by atoms with van der Waals surface area (Å²) in [5.74, 6) is -1.30. The zero-order valence-electron chi connectivity index (χ0n) is 21.9. The molecule has 2 heterocycles. The minimum absolute atomic E-state index is 0.0186. The predicted octanol–water partition coefficient (Wildman–Crippen LogP) is 3.87. The first-order valence-electron chi connectivity index (χ1n) is 12.3. The van der Waals surface area contributed by atoms with E-state index in [0.29, 0.717) is 16.9 Å². The van der Waals surface area contributed by atoms with Crippen molar-refractivity contribution < 1.29 is 32.6 Å². The Labute approximate surface area is 226 Å². The van der Waals surface area contributed by atoms with Crippen molar-refractivity contribution in [3.8, 4) is 23.3 Å². The number of aromatic nitrogens is 1. The molecule has 0 bridgehead atoms. The van der Waals surface area contributed by atoms with E-state index < -0.39 is 44.2 Å². The maximum Gasteiger partial charge on any atom is 0.314 e. The molecule has 1 aliphatic heterocycles. The summed E-state index contributed by atoms with van der Waals surface area (Å²) >= 11 is 0. The number of carbonyl (C=O) groups is 2. The van der Waals surface area contributed by atoms with Gasteiger partial charge in [0.15, 0.2) is 11.4 Å². The van der Waals surface area contributed by atoms with Crippen LogP contribution < -0.4 is 10.1 Å². The summed E-state index contributed by atoms with van der Waals surface area (Å²) in [4.78, 5) is 30.4. The lowest BCUT2D eigenvalue weighted by Gasteiger charge is -2.37. The number of amides is 1. The normalized spacial score (nSPS) is 16.2. The lowest BCUT2D eigenvalue weighted by Crippen LogP contribution is -2.50. The van der Waals surface area contributed by atoms with Crippen molar-refractivity contribution in [2.75, 3.05) is 18.1 Å². The predicted molar refractivity (Wildman–Crippen MR) is 143 cm³/mol. The molecular weight excluding hydrogens is 522 g/mol. The summed E-state index contributed by atoms with van der Waals surface area (Å²) in [6.45, 7) is 4.88. The number of pyridine rings is 1. The molecule has 0 spiro atoms. The molecule has 1 fully saturated rings. The summed E-state index contributed by atoms with van der Waals surface area (Å²) in [5, 5.41) is 23.8. The third kappa shape index (κ3) is 6.29. The second kappa shape index (κ2) is 10.5. The molecule has 10 nitrogen and oxygen atoms in total. The third-order valence-corrected chi connectivity index (χ3v) is 8.10. The average molecular weight is 552 g/mol. The Morgan fingerprint density at radius 1 is 1.08 bits per heavy atom. The van der Waals surface area contributed by atoms with E-state index in [1.807, 2.05) is 24.3 Å². The number of nitriles is 1. The van der Waals surface area contributed by atoms with Crippen LogP contribution in [0.15, 0.2) is 48.5 Å². The lowest BCUT2D eigenvalue weighted by atomic mass is 9.81. The van der Waals surface area contributed by atoms with Gasteiger partial charge in [-0.1, -0.05) is 18.2 Å². The summed E-state index contributed by atoms with van der Waals surface area (Å²) in [6.07, 6.45) is -0.0371. The van der Waals surface area contributed by atoms with E-state index in [0.717, 1.165) is 0 Å². The maximum absolute atomic E-state index is 13.2. The second-order valence-corrected chi connectivity index (χ2v) is 12.8. The number of sulfone groups is 1. The van der Waals surface area contributed by atoms with Gasteiger partial charge in [0.25, 0.3) is 5.91 Å². The van der Waals surface area contributed by atoms with Gasteiger partial charge in [0.05, 0.1) is 16.9 Å². The van der Waals surface area contributed by atoms with Crippen molar-refractivity contribution in [3.05, 3.63) is 59.9 Å². The number of rotatable bonds is 6. The number of esters is 1. The standard InChI is InChI=1S/C28H29N3O7S/c1-27(2,3)38-26(34)28(11-13-39(35,36)14-12-28)17-30-25(33)23-24(32)20-10-9-19(15-21(20)22(16-29)31-23)37-18-7-5-4-6-8-18/h4-10,15,32H,11-14,17H2,1-3H3,(H,30,33). The van der Waals surface area contributed by atoms with Crippen LogP contribution in [0, 0.1) is 16.7 Å². The fourth-order valence-corrected chi connectivity index (χ4v) is 5.92. The van der Waals surface area contributed by atoms with Gasteiger partial charge in [-0.3, -0.25) is 9.59 Å². The van der Waals surface area contributed by atoms with Gasteiger partial charge in [0, 0.05) is 17.3 Å². The number of ether oxygens (including phenoxy) is 2. The number of nitrogens with one attached hydrogen (secondary N) is 1. The lowest BCUT2D eigenvalue weighted by molar-refractivity contribution is -0.168. The molecule has 1 aliphatic rings. The van der Waals surface area contributed by atoms with Crippen LogP contribution in [0.5, 0.6) is 17.2 Å². The number of hydrogen-bond acceptors (Lipinski definition) is 9. The number of benzene rings is 2. The quantitative estimate of drug-likeness (QED) is 0.434. The molecule has 11 heteroatoms. The highest BCUT2D eigenvalue weighted by molar-refractivity contribution is 7.91. The molecule has 0 saturated carbocycles. The molecule has 0 unspecified atom stereocenters. The minimum Gasteiger partial charge on any atom is -0.505 e. The van der Waals surface area contributed by atoms with Gasteiger partial charge >= 0.3 is 5.97 Å². The van der Waals surface area contributed by atoms with Gasteiger partial charge in [-0.2, -0.15) is 5.26 Å². The maximum atomic E-state index is 13.2. The van der Waals surface area contributed by atoms with Crippen LogP contribution in [0.3, 0.4) is 0 Å². The molecule has 2 aromatic carbocycles. The molecular formula is C28H29N3O7S. The molecule has 0 radical (unpaired) electrons. The van der Waals surface area contributed by atoms with E-state index in [-0.39, 0.29) is 42.0 Å². The van der Waals surface area contributed by atoms with Crippen LogP contribution >= 0.6 is 0 Å². The Kier molecular flexibility index (Phi) is 7.52. The largest absolute Gasteiger partial charge is 0.505 e. The summed E-state index contributed by atoms with van der Waals surface area (Å²) in [6, 6.07) is 15.6. The zero-order valence-corrected chi connectivity index (χ0v) is 22.7. The number of aromatic hydroxyl groups is 1. The average Bonchev–Trinajstić information content (AvgIpc) is 2.88. The Morgan fingerprint density at radius 2 is 1.74 bits per heavy atom. The van der Waals surface area contributed by atoms with E-state index in [9.17, 15) is 28.4 Å². The molecule has 1 amide bonds. The van der Waals surface area contributed by atoms with E-state index >= 15 is 0 Å². The molecule has 3 aromatic rings.